The van der Waals surface area contributed by atoms with Gasteiger partial charge in [0, 0.05) is 55.6 Å². The van der Waals surface area contributed by atoms with Gasteiger partial charge in [-0.15, -0.1) is 0 Å². The summed E-state index contributed by atoms with van der Waals surface area (Å²) in [6.45, 7) is 4.72. The SMILES string of the molecule is COc1cccc(-n2cc(C(=O)N3CCN(c4cc5ccccc5cn4)CC3)nc2-c2ccc(C)cc2)c1. The zero-order valence-electron chi connectivity index (χ0n) is 21.5. The van der Waals surface area contributed by atoms with Gasteiger partial charge in [0.25, 0.3) is 5.91 Å². The number of hydrogen-bond acceptors (Lipinski definition) is 5. The predicted octanol–water partition coefficient (Wildman–Crippen LogP) is 5.37. The quantitative estimate of drug-likeness (QED) is 0.323. The molecule has 1 fully saturated rings. The molecule has 190 valence electrons. The fourth-order valence-corrected chi connectivity index (χ4v) is 4.89. The number of nitrogens with zero attached hydrogens (tertiary/aromatic N) is 5. The lowest BCUT2D eigenvalue weighted by Crippen LogP contribution is -2.49. The van der Waals surface area contributed by atoms with Gasteiger partial charge in [-0.05, 0) is 30.5 Å². The van der Waals surface area contributed by atoms with Crippen molar-refractivity contribution in [1.29, 1.82) is 0 Å². The number of hydrogen-bond donors (Lipinski definition) is 0. The summed E-state index contributed by atoms with van der Waals surface area (Å²) < 4.78 is 7.41. The molecule has 1 amide bonds. The van der Waals surface area contributed by atoms with Crippen LogP contribution in [0.2, 0.25) is 0 Å². The number of methoxy groups -OCH3 is 1. The van der Waals surface area contributed by atoms with Gasteiger partial charge >= 0.3 is 0 Å². The van der Waals surface area contributed by atoms with Gasteiger partial charge in [0.05, 0.1) is 12.8 Å². The van der Waals surface area contributed by atoms with E-state index in [2.05, 4.69) is 47.1 Å². The molecule has 0 saturated carbocycles. The van der Waals surface area contributed by atoms with Gasteiger partial charge in [-0.25, -0.2) is 9.97 Å². The van der Waals surface area contributed by atoms with Crippen LogP contribution in [0.3, 0.4) is 0 Å². The highest BCUT2D eigenvalue weighted by molar-refractivity contribution is 5.93. The first-order chi connectivity index (χ1) is 18.6. The number of benzene rings is 3. The Balaban J connectivity index is 1.25. The van der Waals surface area contributed by atoms with Crippen molar-refractivity contribution in [2.24, 2.45) is 0 Å². The Kier molecular flexibility index (Phi) is 6.25. The smallest absolute Gasteiger partial charge is 0.274 e. The third kappa shape index (κ3) is 4.59. The highest BCUT2D eigenvalue weighted by atomic mass is 16.5. The van der Waals surface area contributed by atoms with E-state index in [1.54, 1.807) is 7.11 Å². The van der Waals surface area contributed by atoms with E-state index in [1.165, 1.54) is 10.9 Å². The van der Waals surface area contributed by atoms with Crippen LogP contribution in [0.4, 0.5) is 5.82 Å². The van der Waals surface area contributed by atoms with Gasteiger partial charge in [-0.3, -0.25) is 9.36 Å². The van der Waals surface area contributed by atoms with E-state index in [1.807, 2.05) is 70.4 Å². The zero-order chi connectivity index (χ0) is 26.1. The summed E-state index contributed by atoms with van der Waals surface area (Å²) in [5, 5.41) is 2.30. The minimum absolute atomic E-state index is 0.0638. The van der Waals surface area contributed by atoms with Crippen molar-refractivity contribution in [3.8, 4) is 22.8 Å². The lowest BCUT2D eigenvalue weighted by atomic mass is 10.1. The number of carbonyl (C=O) groups is 1. The van der Waals surface area contributed by atoms with Crippen LogP contribution in [-0.2, 0) is 0 Å². The van der Waals surface area contributed by atoms with Gasteiger partial charge in [-0.1, -0.05) is 60.2 Å². The van der Waals surface area contributed by atoms with Crippen LogP contribution in [0.1, 0.15) is 16.1 Å². The van der Waals surface area contributed by atoms with Gasteiger partial charge in [0.15, 0.2) is 0 Å². The Morgan fingerprint density at radius 1 is 0.868 bits per heavy atom. The van der Waals surface area contributed by atoms with Crippen molar-refractivity contribution in [1.82, 2.24) is 19.4 Å². The van der Waals surface area contributed by atoms with Crippen LogP contribution in [0.5, 0.6) is 5.75 Å². The predicted molar refractivity (Wildman–Crippen MR) is 150 cm³/mol. The molecule has 0 unspecified atom stereocenters. The van der Waals surface area contributed by atoms with Crippen LogP contribution in [0.15, 0.2) is 91.3 Å². The summed E-state index contributed by atoms with van der Waals surface area (Å²) in [6.07, 6.45) is 3.75. The molecule has 1 aliphatic rings. The first-order valence-corrected chi connectivity index (χ1v) is 12.8. The second-order valence-electron chi connectivity index (χ2n) is 9.56. The maximum Gasteiger partial charge on any atom is 0.274 e. The number of piperazine rings is 1. The molecule has 0 N–H and O–H groups in total. The van der Waals surface area contributed by atoms with E-state index < -0.39 is 0 Å². The average Bonchev–Trinajstić information content (AvgIpc) is 3.42. The highest BCUT2D eigenvalue weighted by Gasteiger charge is 2.26. The number of carbonyl (C=O) groups excluding carboxylic acids is 1. The fraction of sp³-hybridized carbons (Fsp3) is 0.194. The first-order valence-electron chi connectivity index (χ1n) is 12.8. The van der Waals surface area contributed by atoms with E-state index in [4.69, 9.17) is 9.72 Å². The Hall–Kier alpha value is -4.65. The van der Waals surface area contributed by atoms with Gasteiger partial charge in [0.2, 0.25) is 0 Å². The lowest BCUT2D eigenvalue weighted by molar-refractivity contribution is 0.0741. The van der Waals surface area contributed by atoms with Crippen LogP contribution in [0, 0.1) is 6.92 Å². The van der Waals surface area contributed by atoms with E-state index in [-0.39, 0.29) is 5.91 Å². The Bertz CT molecular complexity index is 1600. The molecule has 6 rings (SSSR count). The average molecular weight is 504 g/mol. The minimum atomic E-state index is -0.0638. The number of aromatic nitrogens is 3. The number of fused-ring (bicyclic) bond motifs is 1. The van der Waals surface area contributed by atoms with Crippen LogP contribution in [-0.4, -0.2) is 58.6 Å². The van der Waals surface area contributed by atoms with Crippen molar-refractivity contribution < 1.29 is 9.53 Å². The third-order valence-corrected chi connectivity index (χ3v) is 7.07. The molecule has 0 bridgehead atoms. The molecule has 5 aromatic rings. The molecule has 3 aromatic carbocycles. The summed E-state index contributed by atoms with van der Waals surface area (Å²) in [5.41, 5.74) is 3.44. The number of imidazole rings is 1. The van der Waals surface area contributed by atoms with Gasteiger partial charge in [0.1, 0.15) is 23.1 Å². The molecule has 3 heterocycles. The second kappa shape index (κ2) is 10.0. The van der Waals surface area contributed by atoms with Gasteiger partial charge in [-0.2, -0.15) is 0 Å². The maximum absolute atomic E-state index is 13.6. The molecule has 1 aliphatic heterocycles. The monoisotopic (exact) mass is 503 g/mol. The van der Waals surface area contributed by atoms with Crippen LogP contribution in [0.25, 0.3) is 27.8 Å². The molecule has 0 spiro atoms. The highest BCUT2D eigenvalue weighted by Crippen LogP contribution is 2.27. The van der Waals surface area contributed by atoms with Crippen molar-refractivity contribution in [3.63, 3.8) is 0 Å². The number of amides is 1. The normalized spacial score (nSPS) is 13.6. The maximum atomic E-state index is 13.6. The summed E-state index contributed by atoms with van der Waals surface area (Å²) in [7, 11) is 1.65. The summed E-state index contributed by atoms with van der Waals surface area (Å²) in [4.78, 5) is 27.2. The molecule has 0 atom stereocenters. The van der Waals surface area contributed by atoms with E-state index in [0.29, 0.717) is 18.8 Å². The third-order valence-electron chi connectivity index (χ3n) is 7.07. The topological polar surface area (TPSA) is 63.5 Å². The molecule has 7 heteroatoms. The molecule has 0 aliphatic carbocycles. The first kappa shape index (κ1) is 23.7. The molecule has 0 radical (unpaired) electrons. The lowest BCUT2D eigenvalue weighted by Gasteiger charge is -2.35. The van der Waals surface area contributed by atoms with E-state index >= 15 is 0 Å². The van der Waals surface area contributed by atoms with Crippen LogP contribution >= 0.6 is 0 Å². The van der Waals surface area contributed by atoms with Crippen LogP contribution < -0.4 is 9.64 Å². The number of anilines is 1. The number of pyridine rings is 1. The van der Waals surface area contributed by atoms with Crippen molar-refractivity contribution >= 4 is 22.5 Å². The fourth-order valence-electron chi connectivity index (χ4n) is 4.89. The molecular formula is C31H29N5O2. The van der Waals surface area contributed by atoms with Crippen molar-refractivity contribution in [3.05, 3.63) is 103 Å². The minimum Gasteiger partial charge on any atom is -0.497 e. The van der Waals surface area contributed by atoms with Crippen molar-refractivity contribution in [2.45, 2.75) is 6.92 Å². The number of ether oxygens (including phenoxy) is 1. The standard InChI is InChI=1S/C31H29N5O2/c1-22-10-12-23(13-11-22)30-33-28(21-36(30)26-8-5-9-27(19-26)38-2)31(37)35-16-14-34(15-17-35)29-18-24-6-3-4-7-25(24)20-32-29/h3-13,18-21H,14-17H2,1-2H3. The summed E-state index contributed by atoms with van der Waals surface area (Å²) in [5.74, 6) is 2.35. The summed E-state index contributed by atoms with van der Waals surface area (Å²) >= 11 is 0. The van der Waals surface area contributed by atoms with Gasteiger partial charge < -0.3 is 14.5 Å². The summed E-state index contributed by atoms with van der Waals surface area (Å²) in [6, 6.07) is 26.3. The van der Waals surface area contributed by atoms with E-state index in [0.717, 1.165) is 47.1 Å². The second-order valence-corrected chi connectivity index (χ2v) is 9.56. The molecule has 1 saturated heterocycles. The zero-order valence-corrected chi connectivity index (χ0v) is 21.5. The molecule has 38 heavy (non-hydrogen) atoms. The number of rotatable bonds is 5. The largest absolute Gasteiger partial charge is 0.497 e. The Morgan fingerprint density at radius 3 is 2.39 bits per heavy atom. The molecule has 2 aromatic heterocycles. The molecular weight excluding hydrogens is 474 g/mol. The Labute approximate surface area is 221 Å². The van der Waals surface area contributed by atoms with Crippen molar-refractivity contribution in [2.75, 3.05) is 38.2 Å². The number of aryl methyl sites for hydroxylation is 1. The molecule has 7 nitrogen and oxygen atoms in total. The van der Waals surface area contributed by atoms with E-state index in [9.17, 15) is 4.79 Å². The Morgan fingerprint density at radius 2 is 1.63 bits per heavy atom.